The van der Waals surface area contributed by atoms with E-state index in [0.29, 0.717) is 24.2 Å². The van der Waals surface area contributed by atoms with E-state index in [9.17, 15) is 9.18 Å². The van der Waals surface area contributed by atoms with E-state index in [1.54, 1.807) is 6.07 Å². The Bertz CT molecular complexity index is 1160. The summed E-state index contributed by atoms with van der Waals surface area (Å²) in [6.45, 7) is 9.03. The third-order valence-electron chi connectivity index (χ3n) is 7.04. The zero-order chi connectivity index (χ0) is 25.7. The van der Waals surface area contributed by atoms with Crippen LogP contribution < -0.4 is 10.1 Å². The van der Waals surface area contributed by atoms with Crippen LogP contribution >= 0.6 is 0 Å². The van der Waals surface area contributed by atoms with Crippen molar-refractivity contribution in [2.45, 2.75) is 52.1 Å². The Balaban J connectivity index is 1.39. The van der Waals surface area contributed by atoms with E-state index in [4.69, 9.17) is 9.47 Å². The Morgan fingerprint density at radius 2 is 1.78 bits per heavy atom. The van der Waals surface area contributed by atoms with Crippen LogP contribution in [-0.4, -0.2) is 19.1 Å². The highest BCUT2D eigenvalue weighted by Gasteiger charge is 2.35. The van der Waals surface area contributed by atoms with Crippen LogP contribution in [0.15, 0.2) is 72.8 Å². The number of hydrogen-bond donors (Lipinski definition) is 1. The van der Waals surface area contributed by atoms with E-state index in [1.807, 2.05) is 60.7 Å². The van der Waals surface area contributed by atoms with Crippen molar-refractivity contribution in [1.29, 1.82) is 0 Å². The minimum atomic E-state index is -0.209. The molecule has 0 aromatic heterocycles. The summed E-state index contributed by atoms with van der Waals surface area (Å²) in [4.78, 5) is 12.4. The van der Waals surface area contributed by atoms with Crippen molar-refractivity contribution < 1.29 is 18.7 Å². The van der Waals surface area contributed by atoms with E-state index in [0.717, 1.165) is 23.2 Å². The first-order chi connectivity index (χ1) is 17.3. The molecule has 1 heterocycles. The molecule has 1 saturated heterocycles. The molecule has 4 rings (SSSR count). The van der Waals surface area contributed by atoms with Crippen molar-refractivity contribution in [2.24, 2.45) is 11.8 Å². The number of carbonyl (C=O) groups is 1. The first-order valence-electron chi connectivity index (χ1n) is 12.8. The molecule has 0 bridgehead atoms. The SMILES string of the molecule is CC(C)c1ccc(NC(=O)COc2cccc([C@@H]3OC[C@@H](c4ccccc4F)C[C@H]3C(C)C)c2)cc1. The van der Waals surface area contributed by atoms with Crippen molar-refractivity contribution in [3.63, 3.8) is 0 Å². The van der Waals surface area contributed by atoms with Gasteiger partial charge in [0.15, 0.2) is 6.61 Å². The number of carbonyl (C=O) groups excluding carboxylic acids is 1. The largest absolute Gasteiger partial charge is 0.484 e. The van der Waals surface area contributed by atoms with E-state index < -0.39 is 0 Å². The summed E-state index contributed by atoms with van der Waals surface area (Å²) in [5, 5.41) is 2.88. The number of amides is 1. The molecule has 3 aromatic rings. The number of benzene rings is 3. The number of rotatable bonds is 8. The first kappa shape index (κ1) is 25.9. The molecule has 0 saturated carbocycles. The average molecular weight is 490 g/mol. The van der Waals surface area contributed by atoms with Crippen LogP contribution in [0.2, 0.25) is 0 Å². The fraction of sp³-hybridized carbons (Fsp3) is 0.387. The smallest absolute Gasteiger partial charge is 0.262 e. The second kappa shape index (κ2) is 11.7. The standard InChI is InChI=1S/C31H36FNO3/c1-20(2)22-12-14-25(15-13-22)33-30(34)19-35-26-9-7-8-23(16-26)31-28(21(3)4)17-24(18-36-31)27-10-5-6-11-29(27)32/h5-16,20-21,24,28,31H,17-19H2,1-4H3,(H,33,34)/t24-,28-,31-/m0/s1. The average Bonchev–Trinajstić information content (AvgIpc) is 2.88. The zero-order valence-electron chi connectivity index (χ0n) is 21.5. The lowest BCUT2D eigenvalue weighted by Crippen LogP contribution is -2.31. The Morgan fingerprint density at radius 3 is 2.47 bits per heavy atom. The van der Waals surface area contributed by atoms with Gasteiger partial charge in [0.1, 0.15) is 11.6 Å². The Kier molecular flexibility index (Phi) is 8.42. The quantitative estimate of drug-likeness (QED) is 0.357. The lowest BCUT2D eigenvalue weighted by atomic mass is 9.76. The van der Waals surface area contributed by atoms with Crippen LogP contribution in [0.4, 0.5) is 10.1 Å². The predicted octanol–water partition coefficient (Wildman–Crippen LogP) is 7.48. The normalized spacial score (nSPS) is 19.9. The monoisotopic (exact) mass is 489 g/mol. The maximum Gasteiger partial charge on any atom is 0.262 e. The van der Waals surface area contributed by atoms with Gasteiger partial charge in [0.2, 0.25) is 0 Å². The number of nitrogens with one attached hydrogen (secondary N) is 1. The van der Waals surface area contributed by atoms with E-state index >= 15 is 0 Å². The summed E-state index contributed by atoms with van der Waals surface area (Å²) < 4.78 is 26.6. The fourth-order valence-corrected chi connectivity index (χ4v) is 4.93. The molecule has 0 aliphatic carbocycles. The van der Waals surface area contributed by atoms with Gasteiger partial charge in [0.25, 0.3) is 5.91 Å². The van der Waals surface area contributed by atoms with Gasteiger partial charge in [0, 0.05) is 11.6 Å². The topological polar surface area (TPSA) is 47.6 Å². The molecule has 3 atom stereocenters. The molecular formula is C31H36FNO3. The molecule has 1 amide bonds. The second-order valence-electron chi connectivity index (χ2n) is 10.3. The van der Waals surface area contributed by atoms with Gasteiger partial charge in [-0.25, -0.2) is 4.39 Å². The highest BCUT2D eigenvalue weighted by atomic mass is 19.1. The highest BCUT2D eigenvalue weighted by molar-refractivity contribution is 5.91. The fourth-order valence-electron chi connectivity index (χ4n) is 4.93. The van der Waals surface area contributed by atoms with Crippen molar-refractivity contribution in [3.8, 4) is 5.75 Å². The molecule has 190 valence electrons. The van der Waals surface area contributed by atoms with Crippen molar-refractivity contribution in [3.05, 3.63) is 95.3 Å². The van der Waals surface area contributed by atoms with Gasteiger partial charge in [-0.2, -0.15) is 0 Å². The number of ether oxygens (including phenoxy) is 2. The lowest BCUT2D eigenvalue weighted by Gasteiger charge is -2.39. The van der Waals surface area contributed by atoms with Crippen LogP contribution in [0.3, 0.4) is 0 Å². The Morgan fingerprint density at radius 1 is 1.03 bits per heavy atom. The Hall–Kier alpha value is -3.18. The third-order valence-corrected chi connectivity index (χ3v) is 7.04. The molecule has 1 N–H and O–H groups in total. The van der Waals surface area contributed by atoms with E-state index in [2.05, 4.69) is 33.0 Å². The van der Waals surface area contributed by atoms with Crippen LogP contribution in [0, 0.1) is 17.7 Å². The van der Waals surface area contributed by atoms with Gasteiger partial charge in [-0.3, -0.25) is 4.79 Å². The van der Waals surface area contributed by atoms with Crippen molar-refractivity contribution >= 4 is 11.6 Å². The van der Waals surface area contributed by atoms with Crippen LogP contribution in [0.5, 0.6) is 5.75 Å². The maximum atomic E-state index is 14.4. The molecule has 0 spiro atoms. The highest BCUT2D eigenvalue weighted by Crippen LogP contribution is 2.44. The predicted molar refractivity (Wildman–Crippen MR) is 142 cm³/mol. The summed E-state index contributed by atoms with van der Waals surface area (Å²) in [5.74, 6) is 1.32. The van der Waals surface area contributed by atoms with Crippen molar-refractivity contribution in [1.82, 2.24) is 0 Å². The van der Waals surface area contributed by atoms with E-state index in [1.165, 1.54) is 11.6 Å². The first-order valence-corrected chi connectivity index (χ1v) is 12.8. The molecule has 0 unspecified atom stereocenters. The third kappa shape index (κ3) is 6.33. The van der Waals surface area contributed by atoms with Gasteiger partial charge >= 0.3 is 0 Å². The minimum Gasteiger partial charge on any atom is -0.484 e. The summed E-state index contributed by atoms with van der Waals surface area (Å²) in [5.41, 5.74) is 3.72. The van der Waals surface area contributed by atoms with Gasteiger partial charge in [-0.05, 0) is 71.2 Å². The maximum absolute atomic E-state index is 14.4. The molecule has 3 aromatic carbocycles. The van der Waals surface area contributed by atoms with E-state index in [-0.39, 0.29) is 36.3 Å². The van der Waals surface area contributed by atoms with Crippen LogP contribution in [-0.2, 0) is 9.53 Å². The molecule has 4 nitrogen and oxygen atoms in total. The summed E-state index contributed by atoms with van der Waals surface area (Å²) in [7, 11) is 0. The molecule has 5 heteroatoms. The van der Waals surface area contributed by atoms with Crippen LogP contribution in [0.1, 0.15) is 68.7 Å². The molecule has 1 aliphatic heterocycles. The number of hydrogen-bond acceptors (Lipinski definition) is 3. The zero-order valence-corrected chi connectivity index (χ0v) is 21.5. The molecule has 1 fully saturated rings. The Labute approximate surface area is 213 Å². The number of anilines is 1. The van der Waals surface area contributed by atoms with Gasteiger partial charge in [-0.1, -0.05) is 70.2 Å². The molecule has 0 radical (unpaired) electrons. The summed E-state index contributed by atoms with van der Waals surface area (Å²) in [6, 6.07) is 22.6. The molecular weight excluding hydrogens is 453 g/mol. The summed E-state index contributed by atoms with van der Waals surface area (Å²) in [6.07, 6.45) is 0.747. The lowest BCUT2D eigenvalue weighted by molar-refractivity contribution is -0.118. The van der Waals surface area contributed by atoms with Gasteiger partial charge in [0.05, 0.1) is 12.7 Å². The molecule has 1 aliphatic rings. The second-order valence-corrected chi connectivity index (χ2v) is 10.3. The van der Waals surface area contributed by atoms with Gasteiger partial charge < -0.3 is 14.8 Å². The molecule has 36 heavy (non-hydrogen) atoms. The van der Waals surface area contributed by atoms with Crippen molar-refractivity contribution in [2.75, 3.05) is 18.5 Å². The number of halogens is 1. The summed E-state index contributed by atoms with van der Waals surface area (Å²) >= 11 is 0. The van der Waals surface area contributed by atoms with Gasteiger partial charge in [-0.15, -0.1) is 0 Å². The minimum absolute atomic E-state index is 0.0348. The van der Waals surface area contributed by atoms with Crippen LogP contribution in [0.25, 0.3) is 0 Å².